The van der Waals surface area contributed by atoms with Gasteiger partial charge in [0, 0.05) is 40.5 Å². The third-order valence-electron chi connectivity index (χ3n) is 6.00. The Hall–Kier alpha value is -3.90. The first kappa shape index (κ1) is 21.6. The molecule has 0 radical (unpaired) electrons. The molecule has 1 amide bonds. The number of amides is 1. The number of aryl methyl sites for hydroxylation is 1. The number of rotatable bonds is 5. The quantitative estimate of drug-likeness (QED) is 0.409. The van der Waals surface area contributed by atoms with Gasteiger partial charge in [-0.05, 0) is 50.7 Å². The molecule has 0 saturated heterocycles. The van der Waals surface area contributed by atoms with Crippen molar-refractivity contribution in [1.82, 2.24) is 24.9 Å². The third-order valence-corrected chi connectivity index (χ3v) is 6.86. The van der Waals surface area contributed by atoms with Gasteiger partial charge < -0.3 is 4.74 Å². The van der Waals surface area contributed by atoms with E-state index in [-0.39, 0.29) is 5.91 Å². The van der Waals surface area contributed by atoms with Crippen LogP contribution in [-0.2, 0) is 0 Å². The molecule has 8 nitrogen and oxygen atoms in total. The molecule has 2 aliphatic carbocycles. The van der Waals surface area contributed by atoms with Crippen molar-refractivity contribution in [3.05, 3.63) is 53.4 Å². The topological polar surface area (TPSA) is 103 Å². The summed E-state index contributed by atoms with van der Waals surface area (Å²) in [6.07, 6.45) is 9.52. The van der Waals surface area contributed by atoms with E-state index in [0.717, 1.165) is 48.2 Å². The lowest BCUT2D eigenvalue weighted by Crippen LogP contribution is -2.14. The van der Waals surface area contributed by atoms with Gasteiger partial charge in [-0.3, -0.25) is 20.1 Å². The minimum atomic E-state index is -0.313. The molecule has 6 rings (SSSR count). The van der Waals surface area contributed by atoms with E-state index in [4.69, 9.17) is 4.74 Å². The molecule has 4 aromatic rings. The van der Waals surface area contributed by atoms with Crippen molar-refractivity contribution in [1.29, 1.82) is 0 Å². The number of hydrogen-bond acceptors (Lipinski definition) is 8. The van der Waals surface area contributed by atoms with Crippen LogP contribution < -0.4 is 10.1 Å². The first-order valence-corrected chi connectivity index (χ1v) is 12.4. The molecule has 1 N–H and O–H groups in total. The van der Waals surface area contributed by atoms with E-state index >= 15 is 0 Å². The summed E-state index contributed by atoms with van der Waals surface area (Å²) in [5.74, 6) is 7.53. The van der Waals surface area contributed by atoms with Crippen LogP contribution in [0.25, 0.3) is 21.6 Å². The number of anilines is 1. The molecule has 0 unspecified atom stereocenters. The number of carbonyl (C=O) groups is 1. The van der Waals surface area contributed by atoms with Crippen LogP contribution in [0.2, 0.25) is 0 Å². The van der Waals surface area contributed by atoms with Gasteiger partial charge >= 0.3 is 0 Å². The summed E-state index contributed by atoms with van der Waals surface area (Å²) >= 11 is 1.27. The molecular weight excluding hydrogens is 460 g/mol. The maximum atomic E-state index is 13.4. The number of carbonyl (C=O) groups excluding carboxylic acids is 1. The van der Waals surface area contributed by atoms with Gasteiger partial charge in [-0.1, -0.05) is 17.3 Å². The van der Waals surface area contributed by atoms with Crippen molar-refractivity contribution >= 4 is 32.9 Å². The van der Waals surface area contributed by atoms with Crippen LogP contribution >= 0.6 is 11.3 Å². The lowest BCUT2D eigenvalue weighted by Gasteiger charge is -2.14. The average molecular weight is 483 g/mol. The highest BCUT2D eigenvalue weighted by Gasteiger charge is 2.27. The van der Waals surface area contributed by atoms with E-state index in [9.17, 15) is 4.79 Å². The standard InChI is InChI=1S/C26H22N6O2S/c1-14-9-18(19-10-21(16-6-7-16)28-13-22(19)34-2)20(12-27-14)24(33)32-26-31-23-25(35-26)30-17(11-29-23)8-5-15-3-4-15/h9-13,15-16H,3-4,6-7H2,1-2H3,(H,29,31,32,33). The highest BCUT2D eigenvalue weighted by Crippen LogP contribution is 2.42. The van der Waals surface area contributed by atoms with Gasteiger partial charge in [0.2, 0.25) is 0 Å². The predicted molar refractivity (Wildman–Crippen MR) is 133 cm³/mol. The number of aromatic nitrogens is 5. The second kappa shape index (κ2) is 8.71. The fourth-order valence-corrected chi connectivity index (χ4v) is 4.59. The van der Waals surface area contributed by atoms with Crippen LogP contribution in [-0.4, -0.2) is 37.9 Å². The number of nitrogens with one attached hydrogen (secondary N) is 1. The number of nitrogens with zero attached hydrogens (tertiary/aromatic N) is 5. The lowest BCUT2D eigenvalue weighted by molar-refractivity contribution is 0.102. The van der Waals surface area contributed by atoms with Gasteiger partial charge in [-0.15, -0.1) is 0 Å². The molecule has 0 aliphatic heterocycles. The molecule has 0 atom stereocenters. The largest absolute Gasteiger partial charge is 0.494 e. The Morgan fingerprint density at radius 2 is 1.91 bits per heavy atom. The Kier molecular flexibility index (Phi) is 5.38. The van der Waals surface area contributed by atoms with Crippen molar-refractivity contribution in [2.24, 2.45) is 5.92 Å². The predicted octanol–water partition coefficient (Wildman–Crippen LogP) is 4.75. The molecule has 174 valence electrons. The van der Waals surface area contributed by atoms with Crippen molar-refractivity contribution in [2.75, 3.05) is 12.4 Å². The first-order valence-electron chi connectivity index (χ1n) is 11.5. The van der Waals surface area contributed by atoms with Gasteiger partial charge in [-0.2, -0.15) is 4.98 Å². The maximum Gasteiger partial charge on any atom is 0.259 e. The molecule has 2 fully saturated rings. The van der Waals surface area contributed by atoms with Crippen LogP contribution in [0, 0.1) is 24.7 Å². The minimum Gasteiger partial charge on any atom is -0.494 e. The number of methoxy groups -OCH3 is 1. The zero-order chi connectivity index (χ0) is 23.9. The molecule has 9 heteroatoms. The van der Waals surface area contributed by atoms with Crippen LogP contribution in [0.5, 0.6) is 5.75 Å². The van der Waals surface area contributed by atoms with Gasteiger partial charge in [-0.25, -0.2) is 9.97 Å². The number of pyridine rings is 2. The molecule has 4 heterocycles. The molecular formula is C26H22N6O2S. The molecule has 35 heavy (non-hydrogen) atoms. The Bertz CT molecular complexity index is 1530. The first-order chi connectivity index (χ1) is 17.1. The summed E-state index contributed by atoms with van der Waals surface area (Å²) in [4.78, 5) is 36.3. The zero-order valence-electron chi connectivity index (χ0n) is 19.3. The van der Waals surface area contributed by atoms with Gasteiger partial charge in [0.15, 0.2) is 15.6 Å². The van der Waals surface area contributed by atoms with Crippen molar-refractivity contribution in [3.8, 4) is 28.7 Å². The van der Waals surface area contributed by atoms with Crippen LogP contribution in [0.15, 0.2) is 30.7 Å². The smallest absolute Gasteiger partial charge is 0.259 e. The Morgan fingerprint density at radius 3 is 2.69 bits per heavy atom. The summed E-state index contributed by atoms with van der Waals surface area (Å²) < 4.78 is 5.58. The summed E-state index contributed by atoms with van der Waals surface area (Å²) in [5, 5.41) is 3.32. The molecule has 2 saturated carbocycles. The fourth-order valence-electron chi connectivity index (χ4n) is 3.80. The summed E-state index contributed by atoms with van der Waals surface area (Å²) in [6.45, 7) is 1.90. The highest BCUT2D eigenvalue weighted by molar-refractivity contribution is 7.21. The maximum absolute atomic E-state index is 13.4. The van der Waals surface area contributed by atoms with Gasteiger partial charge in [0.05, 0.1) is 25.1 Å². The van der Waals surface area contributed by atoms with E-state index in [1.807, 2.05) is 19.1 Å². The number of thiazole rings is 1. The summed E-state index contributed by atoms with van der Waals surface area (Å²) in [5.41, 5.74) is 4.92. The van der Waals surface area contributed by atoms with Crippen LogP contribution in [0.1, 0.15) is 59.0 Å². The van der Waals surface area contributed by atoms with Crippen LogP contribution in [0.4, 0.5) is 5.13 Å². The molecule has 2 aliphatic rings. The lowest BCUT2D eigenvalue weighted by atomic mass is 9.98. The average Bonchev–Trinajstić information content (AvgIpc) is 3.79. The molecule has 0 bridgehead atoms. The highest BCUT2D eigenvalue weighted by atomic mass is 32.1. The number of hydrogen-bond donors (Lipinski definition) is 1. The van der Waals surface area contributed by atoms with Gasteiger partial charge in [0.1, 0.15) is 11.4 Å². The Morgan fingerprint density at radius 1 is 1.06 bits per heavy atom. The fraction of sp³-hybridized carbons (Fsp3) is 0.308. The summed E-state index contributed by atoms with van der Waals surface area (Å²) in [6, 6.07) is 3.92. The molecule has 0 aromatic carbocycles. The normalized spacial score (nSPS) is 14.9. The number of ether oxygens (including phenoxy) is 1. The van der Waals surface area contributed by atoms with Gasteiger partial charge in [0.25, 0.3) is 5.91 Å². The Labute approximate surface area is 206 Å². The van der Waals surface area contributed by atoms with E-state index in [1.54, 1.807) is 25.7 Å². The molecule has 0 spiro atoms. The van der Waals surface area contributed by atoms with Crippen molar-refractivity contribution in [2.45, 2.75) is 38.5 Å². The zero-order valence-corrected chi connectivity index (χ0v) is 20.1. The van der Waals surface area contributed by atoms with Crippen molar-refractivity contribution in [3.63, 3.8) is 0 Å². The molecule has 4 aromatic heterocycles. The minimum absolute atomic E-state index is 0.313. The van der Waals surface area contributed by atoms with E-state index in [1.165, 1.54) is 11.3 Å². The number of fused-ring (bicyclic) bond motifs is 1. The van der Waals surface area contributed by atoms with Crippen LogP contribution in [0.3, 0.4) is 0 Å². The SMILES string of the molecule is COc1cnc(C2CC2)cc1-c1cc(C)ncc1C(=O)Nc1nc2ncc(C#CC3CC3)nc2s1. The Balaban J connectivity index is 1.32. The van der Waals surface area contributed by atoms with E-state index in [0.29, 0.717) is 44.5 Å². The third kappa shape index (κ3) is 4.57. The monoisotopic (exact) mass is 482 g/mol. The van der Waals surface area contributed by atoms with E-state index in [2.05, 4.69) is 42.1 Å². The summed E-state index contributed by atoms with van der Waals surface area (Å²) in [7, 11) is 1.61. The second-order valence-corrected chi connectivity index (χ2v) is 9.83. The van der Waals surface area contributed by atoms with Crippen molar-refractivity contribution < 1.29 is 9.53 Å². The van der Waals surface area contributed by atoms with E-state index < -0.39 is 0 Å². The second-order valence-electron chi connectivity index (χ2n) is 8.86.